The standard InChI is InChI=1S/C9H9NO2/c1-6-2-3-7-8(4-6)12-9(5-11)10-7/h2-5,9-10H,1H3. The van der Waals surface area contributed by atoms with E-state index in [1.165, 1.54) is 0 Å². The first-order chi connectivity index (χ1) is 5.79. The lowest BCUT2D eigenvalue weighted by Crippen LogP contribution is -2.20. The minimum atomic E-state index is -0.512. The maximum absolute atomic E-state index is 10.4. The lowest BCUT2D eigenvalue weighted by molar-refractivity contribution is -0.112. The molecule has 1 aliphatic heterocycles. The monoisotopic (exact) mass is 163 g/mol. The largest absolute Gasteiger partial charge is 0.461 e. The van der Waals surface area contributed by atoms with Gasteiger partial charge >= 0.3 is 0 Å². The molecule has 0 radical (unpaired) electrons. The van der Waals surface area contributed by atoms with Crippen LogP contribution in [0.1, 0.15) is 5.56 Å². The van der Waals surface area contributed by atoms with Gasteiger partial charge in [-0.25, -0.2) is 0 Å². The van der Waals surface area contributed by atoms with Crippen LogP contribution in [0.3, 0.4) is 0 Å². The summed E-state index contributed by atoms with van der Waals surface area (Å²) in [6.07, 6.45) is 0.233. The summed E-state index contributed by atoms with van der Waals surface area (Å²) in [5, 5.41) is 2.92. The molecule has 1 N–H and O–H groups in total. The van der Waals surface area contributed by atoms with E-state index in [1.807, 2.05) is 25.1 Å². The zero-order valence-corrected chi connectivity index (χ0v) is 6.70. The van der Waals surface area contributed by atoms with Crippen LogP contribution in [0.4, 0.5) is 5.69 Å². The van der Waals surface area contributed by atoms with Crippen molar-refractivity contribution in [1.82, 2.24) is 0 Å². The van der Waals surface area contributed by atoms with Crippen molar-refractivity contribution in [2.75, 3.05) is 5.32 Å². The van der Waals surface area contributed by atoms with Crippen molar-refractivity contribution < 1.29 is 9.53 Å². The Morgan fingerprint density at radius 2 is 2.42 bits per heavy atom. The maximum atomic E-state index is 10.4. The fourth-order valence-electron chi connectivity index (χ4n) is 1.23. The molecule has 0 amide bonds. The van der Waals surface area contributed by atoms with Gasteiger partial charge in [-0.3, -0.25) is 4.79 Å². The van der Waals surface area contributed by atoms with E-state index in [2.05, 4.69) is 5.32 Å². The summed E-state index contributed by atoms with van der Waals surface area (Å²) in [7, 11) is 0. The number of aldehydes is 1. The fraction of sp³-hybridized carbons (Fsp3) is 0.222. The third-order valence-corrected chi connectivity index (χ3v) is 1.81. The van der Waals surface area contributed by atoms with Crippen molar-refractivity contribution in [2.45, 2.75) is 13.2 Å². The molecule has 0 bridgehead atoms. The van der Waals surface area contributed by atoms with Crippen LogP contribution in [0, 0.1) is 6.92 Å². The minimum Gasteiger partial charge on any atom is -0.461 e. The number of hydrogen-bond acceptors (Lipinski definition) is 3. The topological polar surface area (TPSA) is 38.3 Å². The predicted octanol–water partition coefficient (Wildman–Crippen LogP) is 1.32. The van der Waals surface area contributed by atoms with Gasteiger partial charge in [-0.05, 0) is 24.6 Å². The summed E-state index contributed by atoms with van der Waals surface area (Å²) in [6, 6.07) is 5.79. The fourth-order valence-corrected chi connectivity index (χ4v) is 1.23. The molecule has 1 aromatic rings. The number of aryl methyl sites for hydroxylation is 1. The molecule has 0 saturated heterocycles. The van der Waals surface area contributed by atoms with Crippen LogP contribution >= 0.6 is 0 Å². The van der Waals surface area contributed by atoms with Gasteiger partial charge < -0.3 is 10.1 Å². The molecule has 62 valence electrons. The Morgan fingerprint density at radius 3 is 3.17 bits per heavy atom. The van der Waals surface area contributed by atoms with Crippen molar-refractivity contribution in [2.24, 2.45) is 0 Å². The van der Waals surface area contributed by atoms with Gasteiger partial charge in [0.25, 0.3) is 0 Å². The second-order valence-corrected chi connectivity index (χ2v) is 2.82. The van der Waals surface area contributed by atoms with Gasteiger partial charge in [0.2, 0.25) is 6.23 Å². The molecular formula is C9H9NO2. The summed E-state index contributed by atoms with van der Waals surface area (Å²) in [4.78, 5) is 10.4. The second-order valence-electron chi connectivity index (χ2n) is 2.82. The Hall–Kier alpha value is -1.51. The van der Waals surface area contributed by atoms with Crippen molar-refractivity contribution in [1.29, 1.82) is 0 Å². The van der Waals surface area contributed by atoms with E-state index < -0.39 is 6.23 Å². The summed E-state index contributed by atoms with van der Waals surface area (Å²) >= 11 is 0. The quantitative estimate of drug-likeness (QED) is 0.634. The molecule has 1 aliphatic rings. The van der Waals surface area contributed by atoms with Crippen LogP contribution in [0.15, 0.2) is 18.2 Å². The Morgan fingerprint density at radius 1 is 1.58 bits per heavy atom. The first-order valence-corrected chi connectivity index (χ1v) is 3.79. The normalized spacial score (nSPS) is 19.2. The molecule has 0 fully saturated rings. The number of carbonyl (C=O) groups is 1. The molecule has 12 heavy (non-hydrogen) atoms. The highest BCUT2D eigenvalue weighted by atomic mass is 16.5. The summed E-state index contributed by atoms with van der Waals surface area (Å²) in [6.45, 7) is 1.98. The number of carbonyl (C=O) groups excluding carboxylic acids is 1. The van der Waals surface area contributed by atoms with Crippen LogP contribution in [-0.2, 0) is 4.79 Å². The SMILES string of the molecule is Cc1ccc2c(c1)OC(C=O)N2. The van der Waals surface area contributed by atoms with Crippen LogP contribution in [0.25, 0.3) is 0 Å². The van der Waals surface area contributed by atoms with Gasteiger partial charge in [-0.15, -0.1) is 0 Å². The molecule has 3 heteroatoms. The molecule has 3 nitrogen and oxygen atoms in total. The van der Waals surface area contributed by atoms with E-state index in [9.17, 15) is 4.79 Å². The molecule has 1 heterocycles. The first-order valence-electron chi connectivity index (χ1n) is 3.79. The first kappa shape index (κ1) is 7.16. The number of fused-ring (bicyclic) bond motifs is 1. The Bertz CT molecular complexity index is 322. The van der Waals surface area contributed by atoms with Gasteiger partial charge in [0.1, 0.15) is 5.75 Å². The van der Waals surface area contributed by atoms with Crippen molar-refractivity contribution >= 4 is 12.0 Å². The third kappa shape index (κ3) is 1.03. The predicted molar refractivity (Wildman–Crippen MR) is 45.3 cm³/mol. The molecule has 0 spiro atoms. The highest BCUT2D eigenvalue weighted by Gasteiger charge is 2.20. The summed E-state index contributed by atoms with van der Waals surface area (Å²) in [5.41, 5.74) is 2.01. The van der Waals surface area contributed by atoms with E-state index in [0.29, 0.717) is 0 Å². The van der Waals surface area contributed by atoms with E-state index in [-0.39, 0.29) is 0 Å². The Labute approximate surface area is 70.3 Å². The third-order valence-electron chi connectivity index (χ3n) is 1.81. The van der Waals surface area contributed by atoms with Crippen molar-refractivity contribution in [3.63, 3.8) is 0 Å². The molecular weight excluding hydrogens is 154 g/mol. The van der Waals surface area contributed by atoms with Gasteiger partial charge in [-0.1, -0.05) is 6.07 Å². The van der Waals surface area contributed by atoms with Crippen LogP contribution < -0.4 is 10.1 Å². The Balaban J connectivity index is 2.35. The van der Waals surface area contributed by atoms with E-state index >= 15 is 0 Å². The zero-order valence-electron chi connectivity index (χ0n) is 6.70. The van der Waals surface area contributed by atoms with E-state index in [4.69, 9.17) is 4.74 Å². The van der Waals surface area contributed by atoms with E-state index in [1.54, 1.807) is 0 Å². The van der Waals surface area contributed by atoms with Gasteiger partial charge in [0.15, 0.2) is 6.29 Å². The number of hydrogen-bond donors (Lipinski definition) is 1. The molecule has 1 atom stereocenters. The number of benzene rings is 1. The zero-order chi connectivity index (χ0) is 8.55. The smallest absolute Gasteiger partial charge is 0.226 e. The van der Waals surface area contributed by atoms with Gasteiger partial charge in [-0.2, -0.15) is 0 Å². The second kappa shape index (κ2) is 2.52. The molecule has 1 unspecified atom stereocenters. The number of nitrogens with one attached hydrogen (secondary N) is 1. The molecule has 0 aliphatic carbocycles. The molecule has 0 saturated carbocycles. The number of anilines is 1. The minimum absolute atomic E-state index is 0.512. The molecule has 1 aromatic carbocycles. The highest BCUT2D eigenvalue weighted by molar-refractivity contribution is 5.71. The van der Waals surface area contributed by atoms with Crippen molar-refractivity contribution in [3.05, 3.63) is 23.8 Å². The van der Waals surface area contributed by atoms with Gasteiger partial charge in [0.05, 0.1) is 5.69 Å². The average molecular weight is 163 g/mol. The van der Waals surface area contributed by atoms with Crippen LogP contribution in [0.5, 0.6) is 5.75 Å². The molecule has 0 aromatic heterocycles. The summed E-state index contributed by atoms with van der Waals surface area (Å²) in [5.74, 6) is 0.757. The average Bonchev–Trinajstić information content (AvgIpc) is 2.46. The van der Waals surface area contributed by atoms with Gasteiger partial charge in [0, 0.05) is 0 Å². The number of rotatable bonds is 1. The van der Waals surface area contributed by atoms with Crippen molar-refractivity contribution in [3.8, 4) is 5.75 Å². The highest BCUT2D eigenvalue weighted by Crippen LogP contribution is 2.31. The summed E-state index contributed by atoms with van der Waals surface area (Å²) < 4.78 is 5.26. The lowest BCUT2D eigenvalue weighted by Gasteiger charge is -1.99. The Kier molecular flexibility index (Phi) is 1.50. The van der Waals surface area contributed by atoms with Crippen LogP contribution in [-0.4, -0.2) is 12.5 Å². The molecule has 2 rings (SSSR count). The number of ether oxygens (including phenoxy) is 1. The maximum Gasteiger partial charge on any atom is 0.226 e. The lowest BCUT2D eigenvalue weighted by atomic mass is 10.2. The van der Waals surface area contributed by atoms with E-state index in [0.717, 1.165) is 23.3 Å². The van der Waals surface area contributed by atoms with Crippen LogP contribution in [0.2, 0.25) is 0 Å².